The van der Waals surface area contributed by atoms with E-state index < -0.39 is 0 Å². The fraction of sp³-hybridized carbons (Fsp3) is 0.889. The molecule has 0 aliphatic carbocycles. The van der Waals surface area contributed by atoms with Crippen molar-refractivity contribution in [2.75, 3.05) is 39.5 Å². The molecule has 1 unspecified atom stereocenters. The van der Waals surface area contributed by atoms with Gasteiger partial charge in [0, 0.05) is 38.0 Å². The second-order valence-electron chi connectivity index (χ2n) is 6.74. The molecule has 0 radical (unpaired) electrons. The van der Waals surface area contributed by atoms with Crippen LogP contribution in [0.1, 0.15) is 47.5 Å². The Kier molecular flexibility index (Phi) is 14.4. The molecule has 0 aromatic rings. The predicted molar refractivity (Wildman–Crippen MR) is 99.5 cm³/mol. The van der Waals surface area contributed by atoms with Crippen LogP contribution in [0.25, 0.3) is 0 Å². The Balaban J connectivity index is 3.46. The molecule has 0 aliphatic rings. The molecular weight excluding hydrogens is 322 g/mol. The molecule has 0 aliphatic heterocycles. The first kappa shape index (κ1) is 23.8. The van der Waals surface area contributed by atoms with Crippen molar-refractivity contribution in [3.63, 3.8) is 0 Å². The normalized spacial score (nSPS) is 12.4. The van der Waals surface area contributed by atoms with Gasteiger partial charge in [-0.15, -0.1) is 0 Å². The molecule has 25 heavy (non-hydrogen) atoms. The molecule has 2 amide bonds. The van der Waals surface area contributed by atoms with Gasteiger partial charge in [0.15, 0.2) is 0 Å². The van der Waals surface area contributed by atoms with Crippen molar-refractivity contribution in [2.45, 2.75) is 59.6 Å². The van der Waals surface area contributed by atoms with E-state index in [2.05, 4.69) is 29.8 Å². The summed E-state index contributed by atoms with van der Waals surface area (Å²) in [6.07, 6.45) is 1.08. The van der Waals surface area contributed by atoms with Gasteiger partial charge in [-0.05, 0) is 13.3 Å². The van der Waals surface area contributed by atoms with E-state index in [9.17, 15) is 9.59 Å². The Hall–Kier alpha value is -1.18. The van der Waals surface area contributed by atoms with Crippen molar-refractivity contribution >= 4 is 11.8 Å². The Morgan fingerprint density at radius 1 is 0.880 bits per heavy atom. The summed E-state index contributed by atoms with van der Waals surface area (Å²) in [5.41, 5.74) is 0. The lowest BCUT2D eigenvalue weighted by Crippen LogP contribution is -2.31. The van der Waals surface area contributed by atoms with Gasteiger partial charge in [0.05, 0.1) is 25.9 Å². The monoisotopic (exact) mass is 359 g/mol. The van der Waals surface area contributed by atoms with Gasteiger partial charge in [-0.3, -0.25) is 9.59 Å². The number of nitrogens with one attached hydrogen (secondary N) is 3. The third-order valence-corrected chi connectivity index (χ3v) is 3.47. The zero-order valence-corrected chi connectivity index (χ0v) is 16.5. The lowest BCUT2D eigenvalue weighted by atomic mass is 10.2. The summed E-state index contributed by atoms with van der Waals surface area (Å²) in [5, 5.41) is 8.91. The van der Waals surface area contributed by atoms with Crippen molar-refractivity contribution in [3.8, 4) is 0 Å². The first-order valence-corrected chi connectivity index (χ1v) is 9.30. The van der Waals surface area contributed by atoms with E-state index in [0.29, 0.717) is 45.4 Å². The van der Waals surface area contributed by atoms with Crippen molar-refractivity contribution in [2.24, 2.45) is 5.92 Å². The molecule has 3 N–H and O–H groups in total. The van der Waals surface area contributed by atoms with Crippen LogP contribution in [0, 0.1) is 5.92 Å². The molecule has 0 saturated carbocycles. The molecule has 0 rings (SSSR count). The van der Waals surface area contributed by atoms with E-state index >= 15 is 0 Å². The summed E-state index contributed by atoms with van der Waals surface area (Å²) in [7, 11) is 0. The van der Waals surface area contributed by atoms with E-state index in [1.165, 1.54) is 0 Å². The van der Waals surface area contributed by atoms with Crippen LogP contribution in [-0.2, 0) is 19.1 Å². The highest BCUT2D eigenvalue weighted by Crippen LogP contribution is 1.98. The average molecular weight is 360 g/mol. The van der Waals surface area contributed by atoms with Crippen LogP contribution >= 0.6 is 0 Å². The van der Waals surface area contributed by atoms with Crippen LogP contribution in [0.2, 0.25) is 0 Å². The van der Waals surface area contributed by atoms with E-state index in [1.54, 1.807) is 0 Å². The molecule has 0 fully saturated rings. The first-order chi connectivity index (χ1) is 11.8. The second kappa shape index (κ2) is 15.1. The van der Waals surface area contributed by atoms with E-state index in [-0.39, 0.29) is 23.8 Å². The molecule has 1 atom stereocenters. The predicted octanol–water partition coefficient (Wildman–Crippen LogP) is 1.07. The van der Waals surface area contributed by atoms with Gasteiger partial charge in [0.1, 0.15) is 0 Å². The number of carbonyl (C=O) groups excluding carboxylic acids is 2. The fourth-order valence-corrected chi connectivity index (χ4v) is 1.91. The number of amides is 2. The van der Waals surface area contributed by atoms with E-state index in [1.807, 2.05) is 20.8 Å². The van der Waals surface area contributed by atoms with Crippen molar-refractivity contribution in [1.82, 2.24) is 16.0 Å². The zero-order chi connectivity index (χ0) is 19.1. The SMILES string of the molecule is CC(C)NCCOCCNC(=O)CCOC(C)CCNC(=O)C(C)C. The van der Waals surface area contributed by atoms with Gasteiger partial charge in [0.2, 0.25) is 11.8 Å². The molecule has 0 aromatic carbocycles. The minimum absolute atomic E-state index is 0.00429. The summed E-state index contributed by atoms with van der Waals surface area (Å²) in [4.78, 5) is 23.1. The lowest BCUT2D eigenvalue weighted by molar-refractivity contribution is -0.124. The van der Waals surface area contributed by atoms with E-state index in [4.69, 9.17) is 9.47 Å². The van der Waals surface area contributed by atoms with Crippen LogP contribution in [0.5, 0.6) is 0 Å². The molecule has 0 heterocycles. The van der Waals surface area contributed by atoms with Crippen molar-refractivity contribution < 1.29 is 19.1 Å². The quantitative estimate of drug-likeness (QED) is 0.381. The summed E-state index contributed by atoms with van der Waals surface area (Å²) < 4.78 is 11.0. The second-order valence-corrected chi connectivity index (χ2v) is 6.74. The highest BCUT2D eigenvalue weighted by molar-refractivity contribution is 5.77. The molecule has 7 nitrogen and oxygen atoms in total. The van der Waals surface area contributed by atoms with E-state index in [0.717, 1.165) is 13.0 Å². The van der Waals surface area contributed by atoms with Gasteiger partial charge >= 0.3 is 0 Å². The van der Waals surface area contributed by atoms with Crippen molar-refractivity contribution in [3.05, 3.63) is 0 Å². The Morgan fingerprint density at radius 2 is 1.56 bits per heavy atom. The topological polar surface area (TPSA) is 88.7 Å². The van der Waals surface area contributed by atoms with Crippen molar-refractivity contribution in [1.29, 1.82) is 0 Å². The molecule has 0 aromatic heterocycles. The number of ether oxygens (including phenoxy) is 2. The van der Waals surface area contributed by atoms with Gasteiger partial charge in [-0.25, -0.2) is 0 Å². The van der Waals surface area contributed by atoms with Crippen LogP contribution in [0.15, 0.2) is 0 Å². The van der Waals surface area contributed by atoms with Gasteiger partial charge in [-0.2, -0.15) is 0 Å². The average Bonchev–Trinajstić information content (AvgIpc) is 2.53. The van der Waals surface area contributed by atoms with Crippen LogP contribution in [-0.4, -0.2) is 63.4 Å². The minimum Gasteiger partial charge on any atom is -0.378 e. The van der Waals surface area contributed by atoms with Crippen LogP contribution < -0.4 is 16.0 Å². The lowest BCUT2D eigenvalue weighted by Gasteiger charge is -2.14. The highest BCUT2D eigenvalue weighted by Gasteiger charge is 2.08. The maximum Gasteiger partial charge on any atom is 0.222 e. The minimum atomic E-state index is -0.0378. The molecular formula is C18H37N3O4. The Morgan fingerprint density at radius 3 is 2.20 bits per heavy atom. The zero-order valence-electron chi connectivity index (χ0n) is 16.5. The molecule has 148 valence electrons. The number of carbonyl (C=O) groups is 2. The number of hydrogen-bond acceptors (Lipinski definition) is 5. The number of hydrogen-bond donors (Lipinski definition) is 3. The fourth-order valence-electron chi connectivity index (χ4n) is 1.91. The van der Waals surface area contributed by atoms with Crippen LogP contribution in [0.3, 0.4) is 0 Å². The maximum absolute atomic E-state index is 11.7. The van der Waals surface area contributed by atoms with Crippen LogP contribution in [0.4, 0.5) is 0 Å². The first-order valence-electron chi connectivity index (χ1n) is 9.30. The third-order valence-electron chi connectivity index (χ3n) is 3.47. The third kappa shape index (κ3) is 16.1. The Bertz CT molecular complexity index is 362. The van der Waals surface area contributed by atoms with Gasteiger partial charge < -0.3 is 25.4 Å². The van der Waals surface area contributed by atoms with Gasteiger partial charge in [0.25, 0.3) is 0 Å². The summed E-state index contributed by atoms with van der Waals surface area (Å²) in [6.45, 7) is 13.3. The summed E-state index contributed by atoms with van der Waals surface area (Å²) >= 11 is 0. The summed E-state index contributed by atoms with van der Waals surface area (Å²) in [5.74, 6) is 0.00775. The number of rotatable bonds is 15. The molecule has 0 bridgehead atoms. The summed E-state index contributed by atoms with van der Waals surface area (Å²) in [6, 6.07) is 0.456. The van der Waals surface area contributed by atoms with Gasteiger partial charge in [-0.1, -0.05) is 27.7 Å². The maximum atomic E-state index is 11.7. The molecule has 0 spiro atoms. The largest absolute Gasteiger partial charge is 0.378 e. The standard InChI is InChI=1S/C18H37N3O4/c1-14(2)18(23)21-8-6-16(5)25-11-7-17(22)20-10-13-24-12-9-19-15(3)4/h14-16,19H,6-13H2,1-5H3,(H,20,22)(H,21,23). The smallest absolute Gasteiger partial charge is 0.222 e. The Labute approximate surface area is 152 Å². The molecule has 0 saturated heterocycles. The highest BCUT2D eigenvalue weighted by atomic mass is 16.5. The molecule has 7 heteroatoms.